The second-order valence-corrected chi connectivity index (χ2v) is 6.75. The van der Waals surface area contributed by atoms with Gasteiger partial charge in [0, 0.05) is 32.5 Å². The van der Waals surface area contributed by atoms with Crippen LogP contribution in [0.4, 0.5) is 5.69 Å². The highest BCUT2D eigenvalue weighted by atomic mass is 16.5. The molecule has 2 aliphatic heterocycles. The monoisotopic (exact) mass is 328 g/mol. The van der Waals surface area contributed by atoms with E-state index in [9.17, 15) is 9.59 Å². The molecule has 2 heterocycles. The number of hydrogen-bond donors (Lipinski definition) is 0. The van der Waals surface area contributed by atoms with Gasteiger partial charge in [0.05, 0.1) is 18.3 Å². The minimum Gasteiger partial charge on any atom is -0.497 e. The third-order valence-corrected chi connectivity index (χ3v) is 5.30. The highest BCUT2D eigenvalue weighted by Crippen LogP contribution is 2.48. The first-order valence-corrected chi connectivity index (χ1v) is 8.30. The number of carbonyl (C=O) groups is 2. The topological polar surface area (TPSA) is 49.9 Å². The van der Waals surface area contributed by atoms with Gasteiger partial charge in [-0.3, -0.25) is 9.59 Å². The Bertz CT molecular complexity index is 703. The Kier molecular flexibility index (Phi) is 4.11. The number of rotatable bonds is 1. The molecule has 0 N–H and O–H groups in total. The molecule has 0 atom stereocenters. The summed E-state index contributed by atoms with van der Waals surface area (Å²) < 4.78 is 5.31. The number of methoxy groups -OCH3 is 1. The number of fused-ring (bicyclic) bond motifs is 1. The Balaban J connectivity index is 2.02. The van der Waals surface area contributed by atoms with Crippen molar-refractivity contribution in [3.63, 3.8) is 0 Å². The SMILES string of the molecule is C=C1CC2(CCN(C(C)=O)CC2)N(C(C)=O)c2ccc(OC)cc21. The lowest BCUT2D eigenvalue weighted by Gasteiger charge is -2.52. The molecule has 0 saturated carbocycles. The van der Waals surface area contributed by atoms with Crippen molar-refractivity contribution in [3.8, 4) is 5.75 Å². The molecule has 0 unspecified atom stereocenters. The fourth-order valence-electron chi connectivity index (χ4n) is 4.09. The summed E-state index contributed by atoms with van der Waals surface area (Å²) in [7, 11) is 1.63. The minimum absolute atomic E-state index is 0.0326. The molecule has 2 amide bonds. The molecule has 0 aliphatic carbocycles. The maximum Gasteiger partial charge on any atom is 0.224 e. The van der Waals surface area contributed by atoms with Crippen molar-refractivity contribution in [1.29, 1.82) is 0 Å². The van der Waals surface area contributed by atoms with E-state index >= 15 is 0 Å². The van der Waals surface area contributed by atoms with Gasteiger partial charge in [-0.05, 0) is 43.0 Å². The molecule has 1 fully saturated rings. The Hall–Kier alpha value is -2.30. The van der Waals surface area contributed by atoms with Gasteiger partial charge in [0.2, 0.25) is 11.8 Å². The zero-order valence-corrected chi connectivity index (χ0v) is 14.6. The van der Waals surface area contributed by atoms with Gasteiger partial charge in [-0.25, -0.2) is 0 Å². The molecule has 1 aromatic rings. The van der Waals surface area contributed by atoms with E-state index in [4.69, 9.17) is 4.74 Å². The zero-order valence-electron chi connectivity index (χ0n) is 14.6. The van der Waals surface area contributed by atoms with E-state index in [1.807, 2.05) is 28.0 Å². The first-order chi connectivity index (χ1) is 11.4. The van der Waals surface area contributed by atoms with Crippen LogP contribution in [-0.4, -0.2) is 42.5 Å². The van der Waals surface area contributed by atoms with Crippen LogP contribution in [0.1, 0.15) is 38.7 Å². The first kappa shape index (κ1) is 16.6. The van der Waals surface area contributed by atoms with Crippen LogP contribution >= 0.6 is 0 Å². The van der Waals surface area contributed by atoms with E-state index in [0.717, 1.165) is 41.8 Å². The minimum atomic E-state index is -0.281. The van der Waals surface area contributed by atoms with E-state index in [2.05, 4.69) is 6.58 Å². The van der Waals surface area contributed by atoms with Gasteiger partial charge in [0.15, 0.2) is 0 Å². The standard InChI is InChI=1S/C19H24N2O3/c1-13-12-19(7-9-20(10-8-19)14(2)22)21(15(3)23)18-6-5-16(24-4)11-17(13)18/h5-6,11H,1,7-10,12H2,2-4H3. The maximum atomic E-state index is 12.5. The van der Waals surface area contributed by atoms with Crippen LogP contribution in [0, 0.1) is 0 Å². The lowest BCUT2D eigenvalue weighted by atomic mass is 9.75. The third kappa shape index (κ3) is 2.58. The molecule has 3 rings (SSSR count). The molecule has 5 heteroatoms. The number of carbonyl (C=O) groups excluding carboxylic acids is 2. The summed E-state index contributed by atoms with van der Waals surface area (Å²) >= 11 is 0. The van der Waals surface area contributed by atoms with E-state index in [0.29, 0.717) is 13.1 Å². The van der Waals surface area contributed by atoms with Crippen LogP contribution in [0.15, 0.2) is 24.8 Å². The fraction of sp³-hybridized carbons (Fsp3) is 0.474. The van der Waals surface area contributed by atoms with Crippen molar-refractivity contribution in [2.75, 3.05) is 25.1 Å². The molecule has 1 spiro atoms. The quantitative estimate of drug-likeness (QED) is 0.796. The predicted molar refractivity (Wildman–Crippen MR) is 94.0 cm³/mol. The number of nitrogens with zero attached hydrogens (tertiary/aromatic N) is 2. The number of ether oxygens (including phenoxy) is 1. The Morgan fingerprint density at radius 3 is 2.38 bits per heavy atom. The summed E-state index contributed by atoms with van der Waals surface area (Å²) in [6.45, 7) is 8.82. The van der Waals surface area contributed by atoms with Gasteiger partial charge in [-0.2, -0.15) is 0 Å². The number of anilines is 1. The first-order valence-electron chi connectivity index (χ1n) is 8.30. The number of piperidine rings is 1. The fourth-order valence-corrected chi connectivity index (χ4v) is 4.09. The summed E-state index contributed by atoms with van der Waals surface area (Å²) in [5, 5.41) is 0. The van der Waals surface area contributed by atoms with Crippen molar-refractivity contribution in [2.45, 2.75) is 38.6 Å². The van der Waals surface area contributed by atoms with E-state index in [-0.39, 0.29) is 17.4 Å². The highest BCUT2D eigenvalue weighted by Gasteiger charge is 2.46. The maximum absolute atomic E-state index is 12.5. The molecule has 0 bridgehead atoms. The highest BCUT2D eigenvalue weighted by molar-refractivity contribution is 5.99. The Labute approximate surface area is 142 Å². The molecular weight excluding hydrogens is 304 g/mol. The lowest BCUT2D eigenvalue weighted by Crippen LogP contribution is -2.59. The molecule has 2 aliphatic rings. The Morgan fingerprint density at radius 2 is 1.83 bits per heavy atom. The number of amides is 2. The van der Waals surface area contributed by atoms with E-state index in [1.54, 1.807) is 21.0 Å². The van der Waals surface area contributed by atoms with E-state index < -0.39 is 0 Å². The van der Waals surface area contributed by atoms with Crippen LogP contribution in [0.25, 0.3) is 5.57 Å². The van der Waals surface area contributed by atoms with Crippen molar-refractivity contribution in [3.05, 3.63) is 30.3 Å². The summed E-state index contributed by atoms with van der Waals surface area (Å²) in [4.78, 5) is 27.9. The Morgan fingerprint density at radius 1 is 1.17 bits per heavy atom. The van der Waals surface area contributed by atoms with Gasteiger partial charge in [0.25, 0.3) is 0 Å². The molecule has 128 valence electrons. The molecule has 5 nitrogen and oxygen atoms in total. The summed E-state index contributed by atoms with van der Waals surface area (Å²) in [5.74, 6) is 0.893. The lowest BCUT2D eigenvalue weighted by molar-refractivity contribution is -0.130. The van der Waals surface area contributed by atoms with Crippen LogP contribution in [0.3, 0.4) is 0 Å². The van der Waals surface area contributed by atoms with E-state index in [1.165, 1.54) is 0 Å². The number of hydrogen-bond acceptors (Lipinski definition) is 3. The molecular formula is C19H24N2O3. The molecule has 24 heavy (non-hydrogen) atoms. The van der Waals surface area contributed by atoms with Gasteiger partial charge in [-0.15, -0.1) is 0 Å². The molecule has 0 aromatic heterocycles. The summed E-state index contributed by atoms with van der Waals surface area (Å²) in [5.41, 5.74) is 2.62. The van der Waals surface area contributed by atoms with Crippen molar-refractivity contribution >= 4 is 23.1 Å². The van der Waals surface area contributed by atoms with Crippen LogP contribution in [-0.2, 0) is 9.59 Å². The molecule has 1 aromatic carbocycles. The van der Waals surface area contributed by atoms with Gasteiger partial charge < -0.3 is 14.5 Å². The second kappa shape index (κ2) is 5.96. The largest absolute Gasteiger partial charge is 0.497 e. The number of benzene rings is 1. The normalized spacial score (nSPS) is 19.2. The van der Waals surface area contributed by atoms with Crippen LogP contribution in [0.2, 0.25) is 0 Å². The molecule has 0 radical (unpaired) electrons. The van der Waals surface area contributed by atoms with Crippen molar-refractivity contribution in [1.82, 2.24) is 4.90 Å². The predicted octanol–water partition coefficient (Wildman–Crippen LogP) is 2.85. The van der Waals surface area contributed by atoms with Gasteiger partial charge in [0.1, 0.15) is 5.75 Å². The van der Waals surface area contributed by atoms with Crippen LogP contribution < -0.4 is 9.64 Å². The third-order valence-electron chi connectivity index (χ3n) is 5.30. The van der Waals surface area contributed by atoms with Gasteiger partial charge in [-0.1, -0.05) is 6.58 Å². The summed E-state index contributed by atoms with van der Waals surface area (Å²) in [6.07, 6.45) is 2.28. The average molecular weight is 328 g/mol. The number of likely N-dealkylation sites (tertiary alicyclic amines) is 1. The van der Waals surface area contributed by atoms with Gasteiger partial charge >= 0.3 is 0 Å². The summed E-state index contributed by atoms with van der Waals surface area (Å²) in [6, 6.07) is 5.77. The molecule has 1 saturated heterocycles. The average Bonchev–Trinajstić information content (AvgIpc) is 2.54. The zero-order chi connectivity index (χ0) is 17.5. The smallest absolute Gasteiger partial charge is 0.224 e. The van der Waals surface area contributed by atoms with Crippen molar-refractivity contribution < 1.29 is 14.3 Å². The van der Waals surface area contributed by atoms with Crippen molar-refractivity contribution in [2.24, 2.45) is 0 Å². The van der Waals surface area contributed by atoms with Crippen LogP contribution in [0.5, 0.6) is 5.75 Å². The second-order valence-electron chi connectivity index (χ2n) is 6.75.